The normalized spacial score (nSPS) is 12.8. The Balaban J connectivity index is 1.43. The minimum atomic E-state index is -0.463. The molecule has 1 N–H and O–H groups in total. The van der Waals surface area contributed by atoms with Gasteiger partial charge >= 0.3 is 5.97 Å². The van der Waals surface area contributed by atoms with Crippen LogP contribution in [0.1, 0.15) is 28.1 Å². The average molecular weight is 378 g/mol. The molecule has 1 amide bonds. The molecule has 4 rings (SSSR count). The first-order chi connectivity index (χ1) is 13.6. The van der Waals surface area contributed by atoms with Gasteiger partial charge in [0.15, 0.2) is 12.4 Å². The first-order valence-electron chi connectivity index (χ1n) is 8.83. The molecule has 2 aromatic carbocycles. The Bertz CT molecular complexity index is 1040. The predicted octanol–water partition coefficient (Wildman–Crippen LogP) is 3.59. The third-order valence-electron chi connectivity index (χ3n) is 4.52. The van der Waals surface area contributed by atoms with Gasteiger partial charge in [-0.2, -0.15) is 0 Å². The number of nitrogens with one attached hydrogen (secondary N) is 1. The zero-order valence-electron chi connectivity index (χ0n) is 15.2. The summed E-state index contributed by atoms with van der Waals surface area (Å²) in [7, 11) is 1.59. The van der Waals surface area contributed by atoms with Gasteiger partial charge in [0.25, 0.3) is 0 Å². The van der Waals surface area contributed by atoms with Crippen molar-refractivity contribution in [2.45, 2.75) is 19.4 Å². The quantitative estimate of drug-likeness (QED) is 0.682. The number of para-hydroxylation sites is 1. The van der Waals surface area contributed by atoms with Crippen LogP contribution in [0.5, 0.6) is 5.75 Å². The van der Waals surface area contributed by atoms with Gasteiger partial charge in [-0.1, -0.05) is 17.3 Å². The molecule has 0 unspecified atom stereocenters. The number of rotatable bonds is 5. The smallest absolute Gasteiger partial charge is 0.338 e. The highest BCUT2D eigenvalue weighted by atomic mass is 16.5. The fraction of sp³-hybridized carbons (Fsp3) is 0.190. The molecule has 3 aromatic rings. The monoisotopic (exact) mass is 378 g/mol. The fourth-order valence-corrected chi connectivity index (χ4v) is 3.09. The third-order valence-corrected chi connectivity index (χ3v) is 4.52. The Morgan fingerprint density at radius 2 is 2.04 bits per heavy atom. The van der Waals surface area contributed by atoms with Crippen LogP contribution in [0.4, 0.5) is 5.69 Å². The number of carbonyl (C=O) groups excluding carboxylic acids is 2. The number of carbonyl (C=O) groups is 2. The van der Waals surface area contributed by atoms with Crippen LogP contribution in [0.25, 0.3) is 11.3 Å². The van der Waals surface area contributed by atoms with Gasteiger partial charge in [-0.3, -0.25) is 4.79 Å². The number of esters is 1. The molecule has 0 aliphatic carbocycles. The fourth-order valence-electron chi connectivity index (χ4n) is 3.09. The molecule has 0 radical (unpaired) electrons. The summed E-state index contributed by atoms with van der Waals surface area (Å²) >= 11 is 0. The Morgan fingerprint density at radius 1 is 1.18 bits per heavy atom. The summed E-state index contributed by atoms with van der Waals surface area (Å²) in [5.41, 5.74) is 3.49. The lowest BCUT2D eigenvalue weighted by Gasteiger charge is -2.17. The molecule has 7 heteroatoms. The van der Waals surface area contributed by atoms with Gasteiger partial charge in [0, 0.05) is 23.7 Å². The van der Waals surface area contributed by atoms with Crippen LogP contribution >= 0.6 is 0 Å². The molecule has 0 atom stereocenters. The van der Waals surface area contributed by atoms with Crippen molar-refractivity contribution in [2.75, 3.05) is 12.4 Å². The Labute approximate surface area is 161 Å². The van der Waals surface area contributed by atoms with Crippen LogP contribution < -0.4 is 10.1 Å². The van der Waals surface area contributed by atoms with Crippen molar-refractivity contribution in [3.63, 3.8) is 0 Å². The van der Waals surface area contributed by atoms with Crippen molar-refractivity contribution >= 4 is 17.6 Å². The number of aromatic nitrogens is 1. The maximum absolute atomic E-state index is 12.4. The summed E-state index contributed by atoms with van der Waals surface area (Å²) in [6.07, 6.45) is 1.02. The summed E-state index contributed by atoms with van der Waals surface area (Å²) < 4.78 is 15.9. The predicted molar refractivity (Wildman–Crippen MR) is 101 cm³/mol. The zero-order chi connectivity index (χ0) is 19.5. The molecule has 1 aromatic heterocycles. The Hall–Kier alpha value is -3.61. The van der Waals surface area contributed by atoms with E-state index in [1.54, 1.807) is 31.4 Å². The van der Waals surface area contributed by atoms with E-state index in [0.717, 1.165) is 16.8 Å². The van der Waals surface area contributed by atoms with Crippen molar-refractivity contribution in [1.29, 1.82) is 0 Å². The molecule has 1 aliphatic rings. The van der Waals surface area contributed by atoms with E-state index in [1.807, 2.05) is 24.3 Å². The number of anilines is 1. The highest BCUT2D eigenvalue weighted by molar-refractivity contribution is 5.96. The van der Waals surface area contributed by atoms with Crippen LogP contribution in [0, 0.1) is 0 Å². The number of methoxy groups -OCH3 is 1. The van der Waals surface area contributed by atoms with Crippen LogP contribution in [0.2, 0.25) is 0 Å². The molecular weight excluding hydrogens is 360 g/mol. The summed E-state index contributed by atoms with van der Waals surface area (Å²) in [4.78, 5) is 23.8. The van der Waals surface area contributed by atoms with Crippen LogP contribution in [-0.4, -0.2) is 24.1 Å². The standard InChI is InChI=1S/C21H18N2O5/c1-26-19-5-3-2-4-16(19)18-11-15(28-23-18)12-27-21(25)14-6-8-17-13(10-14)7-9-20(24)22-17/h2-6,8,10-11H,7,9,12H2,1H3,(H,22,24). The summed E-state index contributed by atoms with van der Waals surface area (Å²) in [6.45, 7) is -0.0329. The van der Waals surface area contributed by atoms with E-state index in [0.29, 0.717) is 35.6 Å². The highest BCUT2D eigenvalue weighted by Crippen LogP contribution is 2.29. The molecule has 28 heavy (non-hydrogen) atoms. The van der Waals surface area contributed by atoms with E-state index >= 15 is 0 Å². The third kappa shape index (κ3) is 3.59. The largest absolute Gasteiger partial charge is 0.496 e. The van der Waals surface area contributed by atoms with E-state index in [4.69, 9.17) is 14.0 Å². The first kappa shape index (κ1) is 17.8. The number of benzene rings is 2. The molecule has 0 bridgehead atoms. The SMILES string of the molecule is COc1ccccc1-c1cc(COC(=O)c2ccc3c(c2)CCC(=O)N3)on1. The number of nitrogens with zero attached hydrogens (tertiary/aromatic N) is 1. The van der Waals surface area contributed by atoms with E-state index in [9.17, 15) is 9.59 Å². The number of fused-ring (bicyclic) bond motifs is 1. The van der Waals surface area contributed by atoms with E-state index < -0.39 is 5.97 Å². The molecule has 7 nitrogen and oxygen atoms in total. The Kier molecular flexibility index (Phi) is 4.80. The first-order valence-corrected chi connectivity index (χ1v) is 8.83. The van der Waals surface area contributed by atoms with Crippen molar-refractivity contribution in [2.24, 2.45) is 0 Å². The van der Waals surface area contributed by atoms with Crippen molar-refractivity contribution in [3.05, 3.63) is 65.4 Å². The highest BCUT2D eigenvalue weighted by Gasteiger charge is 2.18. The van der Waals surface area contributed by atoms with Crippen molar-refractivity contribution in [1.82, 2.24) is 5.16 Å². The number of ether oxygens (including phenoxy) is 2. The Morgan fingerprint density at radius 3 is 2.89 bits per heavy atom. The number of hydrogen-bond donors (Lipinski definition) is 1. The van der Waals surface area contributed by atoms with Gasteiger partial charge in [-0.15, -0.1) is 0 Å². The molecule has 142 valence electrons. The molecule has 0 spiro atoms. The molecule has 1 aliphatic heterocycles. The maximum atomic E-state index is 12.4. The summed E-state index contributed by atoms with van der Waals surface area (Å²) in [6, 6.07) is 14.3. The molecular formula is C21H18N2O5. The minimum Gasteiger partial charge on any atom is -0.496 e. The van der Waals surface area contributed by atoms with Gasteiger partial charge in [0.05, 0.1) is 12.7 Å². The van der Waals surface area contributed by atoms with Gasteiger partial charge in [0.2, 0.25) is 5.91 Å². The van der Waals surface area contributed by atoms with Gasteiger partial charge in [0.1, 0.15) is 11.4 Å². The van der Waals surface area contributed by atoms with Crippen molar-refractivity contribution in [3.8, 4) is 17.0 Å². The molecule has 0 fully saturated rings. The van der Waals surface area contributed by atoms with Gasteiger partial charge in [-0.25, -0.2) is 4.79 Å². The summed E-state index contributed by atoms with van der Waals surface area (Å²) in [5, 5.41) is 6.81. The maximum Gasteiger partial charge on any atom is 0.338 e. The van der Waals surface area contributed by atoms with E-state index in [-0.39, 0.29) is 12.5 Å². The van der Waals surface area contributed by atoms with Crippen molar-refractivity contribution < 1.29 is 23.6 Å². The lowest BCUT2D eigenvalue weighted by Crippen LogP contribution is -2.19. The molecule has 0 saturated carbocycles. The van der Waals surface area contributed by atoms with Gasteiger partial charge in [-0.05, 0) is 42.3 Å². The molecule has 0 saturated heterocycles. The van der Waals surface area contributed by atoms with Crippen LogP contribution in [0.3, 0.4) is 0 Å². The number of amides is 1. The van der Waals surface area contributed by atoms with E-state index in [1.165, 1.54) is 0 Å². The molecule has 2 heterocycles. The second kappa shape index (κ2) is 7.56. The van der Waals surface area contributed by atoms with E-state index in [2.05, 4.69) is 10.5 Å². The van der Waals surface area contributed by atoms with Gasteiger partial charge < -0.3 is 19.3 Å². The topological polar surface area (TPSA) is 90.7 Å². The average Bonchev–Trinajstić information content (AvgIpc) is 3.20. The minimum absolute atomic E-state index is 0.0148. The number of aryl methyl sites for hydroxylation is 1. The van der Waals surface area contributed by atoms with Crippen LogP contribution in [0.15, 0.2) is 53.1 Å². The lowest BCUT2D eigenvalue weighted by molar-refractivity contribution is -0.116. The summed E-state index contributed by atoms with van der Waals surface area (Å²) in [5.74, 6) is 0.633. The zero-order valence-corrected chi connectivity index (χ0v) is 15.2. The lowest BCUT2D eigenvalue weighted by atomic mass is 10.0. The second-order valence-electron chi connectivity index (χ2n) is 6.37. The second-order valence-corrected chi connectivity index (χ2v) is 6.37. The number of hydrogen-bond acceptors (Lipinski definition) is 6. The van der Waals surface area contributed by atoms with Crippen LogP contribution in [-0.2, 0) is 22.6 Å².